The molecule has 0 aliphatic rings. The molecular formula is C18H16F3N5O2. The molecule has 2 heterocycles. The van der Waals surface area contributed by atoms with Crippen molar-refractivity contribution in [3.63, 3.8) is 0 Å². The summed E-state index contributed by atoms with van der Waals surface area (Å²) >= 11 is 0. The molecule has 0 saturated heterocycles. The molecule has 2 aromatic heterocycles. The predicted octanol–water partition coefficient (Wildman–Crippen LogP) is 1.98. The minimum atomic E-state index is -4.55. The highest BCUT2D eigenvalue weighted by Crippen LogP contribution is 2.26. The van der Waals surface area contributed by atoms with Gasteiger partial charge < -0.3 is 4.90 Å². The first-order valence-electron chi connectivity index (χ1n) is 8.35. The Kier molecular flexibility index (Phi) is 5.39. The molecule has 0 unspecified atom stereocenters. The van der Waals surface area contributed by atoms with E-state index in [1.807, 2.05) is 0 Å². The topological polar surface area (TPSA) is 91.8 Å². The predicted molar refractivity (Wildman–Crippen MR) is 94.4 cm³/mol. The fourth-order valence-corrected chi connectivity index (χ4v) is 2.65. The second-order valence-electron chi connectivity index (χ2n) is 6.14. The van der Waals surface area contributed by atoms with Gasteiger partial charge in [-0.15, -0.1) is 0 Å². The average Bonchev–Trinajstić information content (AvgIpc) is 2.68. The highest BCUT2D eigenvalue weighted by Gasteiger charge is 2.32. The van der Waals surface area contributed by atoms with Crippen molar-refractivity contribution in [3.05, 3.63) is 64.1 Å². The molecule has 0 aliphatic heterocycles. The molecule has 1 N–H and O–H groups in total. The van der Waals surface area contributed by atoms with Crippen LogP contribution >= 0.6 is 0 Å². The van der Waals surface area contributed by atoms with Crippen LogP contribution in [0.1, 0.15) is 17.2 Å². The largest absolute Gasteiger partial charge is 0.433 e. The number of rotatable bonds is 5. The van der Waals surface area contributed by atoms with Crippen LogP contribution in [0.3, 0.4) is 0 Å². The molecular weight excluding hydrogens is 375 g/mol. The maximum Gasteiger partial charge on any atom is 0.433 e. The van der Waals surface area contributed by atoms with Crippen molar-refractivity contribution in [1.82, 2.24) is 25.1 Å². The summed E-state index contributed by atoms with van der Waals surface area (Å²) in [6.45, 7) is 0.140. The zero-order chi connectivity index (χ0) is 20.3. The van der Waals surface area contributed by atoms with Gasteiger partial charge in [0.1, 0.15) is 11.5 Å². The van der Waals surface area contributed by atoms with Gasteiger partial charge in [0, 0.05) is 31.6 Å². The van der Waals surface area contributed by atoms with Gasteiger partial charge in [0.2, 0.25) is 5.91 Å². The van der Waals surface area contributed by atoms with Crippen molar-refractivity contribution in [1.29, 1.82) is 0 Å². The van der Waals surface area contributed by atoms with Gasteiger partial charge in [0.25, 0.3) is 5.56 Å². The van der Waals surface area contributed by atoms with Crippen molar-refractivity contribution in [3.8, 4) is 0 Å². The summed E-state index contributed by atoms with van der Waals surface area (Å²) in [6, 6.07) is 7.59. The van der Waals surface area contributed by atoms with Crippen LogP contribution in [-0.2, 0) is 23.8 Å². The summed E-state index contributed by atoms with van der Waals surface area (Å²) in [6.07, 6.45) is -3.48. The first-order chi connectivity index (χ1) is 13.3. The monoisotopic (exact) mass is 391 g/mol. The van der Waals surface area contributed by atoms with Crippen molar-refractivity contribution in [2.75, 3.05) is 13.6 Å². The number of alkyl halides is 3. The number of aromatic nitrogens is 4. The number of hydrogen-bond donors (Lipinski definition) is 1. The Bertz CT molecular complexity index is 1060. The van der Waals surface area contributed by atoms with E-state index in [-0.39, 0.29) is 36.7 Å². The molecule has 0 bridgehead atoms. The standard InChI is InChI=1S/C18H16F3N5O2/c1-26(9-7-15-22-8-6-14(23-15)18(19,20)21)16(27)10-13-11-4-2-3-5-12(11)17(28)25-24-13/h2-6,8H,7,9-10H2,1H3,(H,25,28). The summed E-state index contributed by atoms with van der Waals surface area (Å²) in [4.78, 5) is 32.9. The van der Waals surface area contributed by atoms with Gasteiger partial charge in [-0.05, 0) is 12.1 Å². The molecule has 3 aromatic rings. The van der Waals surface area contributed by atoms with E-state index in [9.17, 15) is 22.8 Å². The van der Waals surface area contributed by atoms with Gasteiger partial charge in [0.05, 0.1) is 17.5 Å². The number of carbonyl (C=O) groups is 1. The number of benzene rings is 1. The van der Waals surface area contributed by atoms with E-state index in [1.165, 1.54) is 11.9 Å². The van der Waals surface area contributed by atoms with Gasteiger partial charge in [-0.2, -0.15) is 18.3 Å². The highest BCUT2D eigenvalue weighted by atomic mass is 19.4. The van der Waals surface area contributed by atoms with Crippen LogP contribution in [0.4, 0.5) is 13.2 Å². The fraction of sp³-hybridized carbons (Fsp3) is 0.278. The van der Waals surface area contributed by atoms with Crippen molar-refractivity contribution >= 4 is 16.7 Å². The second-order valence-corrected chi connectivity index (χ2v) is 6.14. The van der Waals surface area contributed by atoms with Crippen LogP contribution in [0.5, 0.6) is 0 Å². The number of carbonyl (C=O) groups excluding carboxylic acids is 1. The SMILES string of the molecule is CN(CCc1nccc(C(F)(F)F)n1)C(=O)Cc1n[nH]c(=O)c2ccccc12. The Balaban J connectivity index is 1.68. The maximum atomic E-state index is 12.7. The first-order valence-corrected chi connectivity index (χ1v) is 8.35. The third kappa shape index (κ3) is 4.33. The zero-order valence-corrected chi connectivity index (χ0v) is 14.8. The molecule has 0 spiro atoms. The van der Waals surface area contributed by atoms with E-state index in [2.05, 4.69) is 20.2 Å². The number of halogens is 3. The average molecular weight is 391 g/mol. The van der Waals surface area contributed by atoms with Gasteiger partial charge in [-0.25, -0.2) is 15.1 Å². The summed E-state index contributed by atoms with van der Waals surface area (Å²) in [5.41, 5.74) is -0.945. The molecule has 1 aromatic carbocycles. The van der Waals surface area contributed by atoms with Gasteiger partial charge in [0.15, 0.2) is 0 Å². The molecule has 7 nitrogen and oxygen atoms in total. The number of nitrogens with one attached hydrogen (secondary N) is 1. The van der Waals surface area contributed by atoms with Gasteiger partial charge in [-0.3, -0.25) is 9.59 Å². The lowest BCUT2D eigenvalue weighted by Gasteiger charge is -2.17. The Morgan fingerprint density at radius 1 is 1.18 bits per heavy atom. The number of amides is 1. The molecule has 0 fully saturated rings. The van der Waals surface area contributed by atoms with Crippen molar-refractivity contribution in [2.45, 2.75) is 19.0 Å². The van der Waals surface area contributed by atoms with E-state index in [1.54, 1.807) is 24.3 Å². The van der Waals surface area contributed by atoms with Crippen LogP contribution in [0.15, 0.2) is 41.3 Å². The number of likely N-dealkylation sites (N-methyl/N-ethyl adjacent to an activating group) is 1. The minimum Gasteiger partial charge on any atom is -0.345 e. The Labute approximate surface area is 157 Å². The van der Waals surface area contributed by atoms with Crippen LogP contribution in [-0.4, -0.2) is 44.6 Å². The molecule has 146 valence electrons. The van der Waals surface area contributed by atoms with E-state index in [4.69, 9.17) is 0 Å². The molecule has 10 heteroatoms. The van der Waals surface area contributed by atoms with Gasteiger partial charge >= 0.3 is 6.18 Å². The lowest BCUT2D eigenvalue weighted by molar-refractivity contribution is -0.141. The summed E-state index contributed by atoms with van der Waals surface area (Å²) in [7, 11) is 1.53. The maximum absolute atomic E-state index is 12.7. The lowest BCUT2D eigenvalue weighted by atomic mass is 10.1. The van der Waals surface area contributed by atoms with E-state index in [0.29, 0.717) is 16.5 Å². The quantitative estimate of drug-likeness (QED) is 0.718. The molecule has 0 saturated carbocycles. The summed E-state index contributed by atoms with van der Waals surface area (Å²) in [5, 5.41) is 7.32. The van der Waals surface area contributed by atoms with Crippen molar-refractivity contribution < 1.29 is 18.0 Å². The lowest BCUT2D eigenvalue weighted by Crippen LogP contribution is -2.31. The molecule has 0 atom stereocenters. The van der Waals surface area contributed by atoms with Crippen LogP contribution in [0, 0.1) is 0 Å². The van der Waals surface area contributed by atoms with Gasteiger partial charge in [-0.1, -0.05) is 18.2 Å². The first kappa shape index (κ1) is 19.5. The van der Waals surface area contributed by atoms with E-state index < -0.39 is 11.9 Å². The number of H-pyrrole nitrogens is 1. The summed E-state index contributed by atoms with van der Waals surface area (Å²) < 4.78 is 38.1. The van der Waals surface area contributed by atoms with E-state index in [0.717, 1.165) is 12.3 Å². The number of hydrogen-bond acceptors (Lipinski definition) is 5. The third-order valence-electron chi connectivity index (χ3n) is 4.19. The molecule has 0 radical (unpaired) electrons. The third-order valence-corrected chi connectivity index (χ3v) is 4.19. The molecule has 1 amide bonds. The Hall–Kier alpha value is -3.30. The minimum absolute atomic E-state index is 0.00194. The highest BCUT2D eigenvalue weighted by molar-refractivity contribution is 5.88. The number of nitrogens with zero attached hydrogens (tertiary/aromatic N) is 4. The number of fused-ring (bicyclic) bond motifs is 1. The molecule has 0 aliphatic carbocycles. The van der Waals surface area contributed by atoms with Crippen LogP contribution < -0.4 is 5.56 Å². The fourth-order valence-electron chi connectivity index (χ4n) is 2.65. The zero-order valence-electron chi connectivity index (χ0n) is 14.8. The van der Waals surface area contributed by atoms with Crippen LogP contribution in [0.25, 0.3) is 10.8 Å². The smallest absolute Gasteiger partial charge is 0.345 e. The van der Waals surface area contributed by atoms with E-state index >= 15 is 0 Å². The normalized spacial score (nSPS) is 11.6. The van der Waals surface area contributed by atoms with Crippen LogP contribution in [0.2, 0.25) is 0 Å². The molecule has 3 rings (SSSR count). The Morgan fingerprint density at radius 3 is 2.61 bits per heavy atom. The summed E-state index contributed by atoms with van der Waals surface area (Å²) in [5.74, 6) is -0.293. The van der Waals surface area contributed by atoms with Crippen molar-refractivity contribution in [2.24, 2.45) is 0 Å². The molecule has 28 heavy (non-hydrogen) atoms. The Morgan fingerprint density at radius 2 is 1.89 bits per heavy atom. The number of aromatic amines is 1. The second kappa shape index (κ2) is 7.75.